The van der Waals surface area contributed by atoms with Crippen LogP contribution in [0.15, 0.2) is 401 Å². The van der Waals surface area contributed by atoms with Crippen molar-refractivity contribution < 1.29 is 0 Å². The number of hydrogen-bond acceptors (Lipinski definition) is 4. The quantitative estimate of drug-likeness (QED) is 0.0693. The van der Waals surface area contributed by atoms with E-state index in [1.807, 2.05) is 24.5 Å². The first-order valence-electron chi connectivity index (χ1n) is 36.6. The maximum Gasteiger partial charge on any atom is 0.0970 e. The minimum absolute atomic E-state index is 0.568. The molecule has 4 heteroatoms. The molecule has 0 spiro atoms. The summed E-state index contributed by atoms with van der Waals surface area (Å²) in [5.41, 5.74) is 29.7. The molecule has 0 bridgehead atoms. The summed E-state index contributed by atoms with van der Waals surface area (Å²) in [4.78, 5) is 14.4. The number of hydrogen-bond donors (Lipinski definition) is 0. The second-order valence-electron chi connectivity index (χ2n) is 28.0. The first-order valence-corrected chi connectivity index (χ1v) is 36.6. The first-order chi connectivity index (χ1) is 52.4. The molecule has 106 heavy (non-hydrogen) atoms. The van der Waals surface area contributed by atoms with E-state index < -0.39 is 10.8 Å². The largest absolute Gasteiger partial charge is 0.309 e. The van der Waals surface area contributed by atoms with E-state index in [4.69, 9.17) is 0 Å². The summed E-state index contributed by atoms with van der Waals surface area (Å²) in [6.45, 7) is 4.40. The SMILES string of the molecule is Cc1cccc(N(c2cccc(C3(c4ccccc4)c4ccccc4-c4ccccc43)c2)c2c3ccccc3c(N(c3cccc(C)c3)c3cccc(C4(c5ccccc5)c5ccccc5-c5ccccc54)c3)c3ccccc23)c1.c1ccc(-c2ccnc3c2ccc2c(-c4ccccc4)ccnc23)cc1. The van der Waals surface area contributed by atoms with Crippen molar-refractivity contribution in [2.24, 2.45) is 0 Å². The zero-order chi connectivity index (χ0) is 70.7. The Bertz CT molecular complexity index is 5850. The number of nitrogens with zero attached hydrogens (tertiary/aromatic N) is 4. The summed E-state index contributed by atoms with van der Waals surface area (Å²) in [5.74, 6) is 0. The van der Waals surface area contributed by atoms with Gasteiger partial charge in [-0.3, -0.25) is 9.97 Å². The topological polar surface area (TPSA) is 32.3 Å². The molecule has 2 heterocycles. The molecule has 0 radical (unpaired) electrons. The van der Waals surface area contributed by atoms with Crippen LogP contribution in [0.4, 0.5) is 34.1 Å². The Morgan fingerprint density at radius 2 is 0.500 bits per heavy atom. The van der Waals surface area contributed by atoms with Crippen molar-refractivity contribution in [3.05, 3.63) is 456 Å². The van der Waals surface area contributed by atoms with Gasteiger partial charge in [0, 0.05) is 67.5 Å². The average molecular weight is 1350 g/mol. The van der Waals surface area contributed by atoms with Gasteiger partial charge in [-0.1, -0.05) is 328 Å². The summed E-state index contributed by atoms with van der Waals surface area (Å²) in [7, 11) is 0. The van der Waals surface area contributed by atoms with E-state index in [0.717, 1.165) is 77.5 Å². The van der Waals surface area contributed by atoms with E-state index in [-0.39, 0.29) is 0 Å². The predicted molar refractivity (Wildman–Crippen MR) is 443 cm³/mol. The lowest BCUT2D eigenvalue weighted by atomic mass is 9.67. The molecule has 20 rings (SSSR count). The van der Waals surface area contributed by atoms with Gasteiger partial charge in [0.1, 0.15) is 0 Å². The molecule has 0 amide bonds. The molecule has 0 saturated carbocycles. The Hall–Kier alpha value is -13.5. The molecular formula is C102H72N4. The molecule has 500 valence electrons. The smallest absolute Gasteiger partial charge is 0.0970 e. The molecule has 0 atom stereocenters. The van der Waals surface area contributed by atoms with Crippen LogP contribution in [0.1, 0.15) is 55.6 Å². The van der Waals surface area contributed by atoms with Crippen molar-refractivity contribution in [1.29, 1.82) is 0 Å². The molecule has 16 aromatic carbocycles. The van der Waals surface area contributed by atoms with Crippen LogP contribution in [0.2, 0.25) is 0 Å². The standard InChI is InChI=1S/C78H56N2.C24H16N2/c1-53-25-21-33-59(49-53)79(61-35-23-31-57(51-61)77(55-27-5-3-6-28-55)71-45-17-13-37-63(71)64-38-14-18-46-72(64)77)75-67-41-9-11-43-69(67)76(70-44-12-10-42-68(70)75)80(60-34-22-26-54(2)50-60)62-36-24-32-58(52-62)78(56-29-7-4-8-30-56)73-47-19-15-39-65(73)66-40-16-20-48-74(66)78;1-3-7-17(8-4-1)19-13-15-25-23-21(19)11-12-22-20(14-16-26-24(22)23)18-9-5-2-6-10-18/h3-52H,1-2H3;1-16H. The Balaban J connectivity index is 0.000000247. The van der Waals surface area contributed by atoms with Gasteiger partial charge in [0.05, 0.1) is 33.2 Å². The van der Waals surface area contributed by atoms with Crippen LogP contribution in [0.25, 0.3) is 87.9 Å². The van der Waals surface area contributed by atoms with E-state index in [0.29, 0.717) is 0 Å². The third-order valence-corrected chi connectivity index (χ3v) is 22.0. The molecule has 2 aliphatic carbocycles. The highest BCUT2D eigenvalue weighted by molar-refractivity contribution is 6.23. The lowest BCUT2D eigenvalue weighted by Crippen LogP contribution is -2.29. The maximum absolute atomic E-state index is 4.67. The normalized spacial score (nSPS) is 12.8. The molecule has 0 aliphatic heterocycles. The third-order valence-electron chi connectivity index (χ3n) is 22.0. The second kappa shape index (κ2) is 26.4. The van der Waals surface area contributed by atoms with Crippen LogP contribution < -0.4 is 9.80 Å². The Labute approximate surface area is 618 Å². The molecular weight excluding hydrogens is 1280 g/mol. The fourth-order valence-corrected chi connectivity index (χ4v) is 17.7. The van der Waals surface area contributed by atoms with Gasteiger partial charge in [-0.05, 0) is 175 Å². The monoisotopic (exact) mass is 1350 g/mol. The van der Waals surface area contributed by atoms with Gasteiger partial charge >= 0.3 is 0 Å². The number of pyridine rings is 2. The summed E-state index contributed by atoms with van der Waals surface area (Å²) in [5, 5.41) is 6.85. The van der Waals surface area contributed by atoms with E-state index in [1.54, 1.807) is 0 Å². The maximum atomic E-state index is 4.67. The summed E-state index contributed by atoms with van der Waals surface area (Å²) in [6.07, 6.45) is 3.75. The Morgan fingerprint density at radius 3 is 0.840 bits per heavy atom. The molecule has 18 aromatic rings. The molecule has 0 saturated heterocycles. The van der Waals surface area contributed by atoms with Gasteiger partial charge in [-0.25, -0.2) is 0 Å². The molecule has 4 nitrogen and oxygen atoms in total. The molecule has 2 aliphatic rings. The molecule has 2 aromatic heterocycles. The van der Waals surface area contributed by atoms with E-state index in [9.17, 15) is 0 Å². The zero-order valence-electron chi connectivity index (χ0n) is 58.9. The van der Waals surface area contributed by atoms with Crippen LogP contribution >= 0.6 is 0 Å². The van der Waals surface area contributed by atoms with Gasteiger partial charge in [0.2, 0.25) is 0 Å². The van der Waals surface area contributed by atoms with Gasteiger partial charge < -0.3 is 9.80 Å². The van der Waals surface area contributed by atoms with E-state index in [2.05, 4.69) is 410 Å². The van der Waals surface area contributed by atoms with Crippen LogP contribution in [-0.4, -0.2) is 9.97 Å². The number of fused-ring (bicyclic) bond motifs is 11. The highest BCUT2D eigenvalue weighted by Crippen LogP contribution is 2.60. The van der Waals surface area contributed by atoms with Gasteiger partial charge in [0.15, 0.2) is 0 Å². The Kier molecular flexibility index (Phi) is 15.8. The number of aromatic nitrogens is 2. The van der Waals surface area contributed by atoms with Gasteiger partial charge in [0.25, 0.3) is 0 Å². The van der Waals surface area contributed by atoms with Crippen molar-refractivity contribution in [2.75, 3.05) is 9.80 Å². The summed E-state index contributed by atoms with van der Waals surface area (Å²) in [6, 6.07) is 143. The fraction of sp³-hybridized carbons (Fsp3) is 0.0392. The van der Waals surface area contributed by atoms with Crippen LogP contribution in [0.5, 0.6) is 0 Å². The lowest BCUT2D eigenvalue weighted by molar-refractivity contribution is 0.768. The number of benzene rings is 16. The molecule has 0 fully saturated rings. The summed E-state index contributed by atoms with van der Waals surface area (Å²) < 4.78 is 0. The van der Waals surface area contributed by atoms with Crippen molar-refractivity contribution >= 4 is 77.5 Å². The van der Waals surface area contributed by atoms with Crippen LogP contribution in [0, 0.1) is 13.8 Å². The highest BCUT2D eigenvalue weighted by atomic mass is 15.2. The van der Waals surface area contributed by atoms with Crippen molar-refractivity contribution in [3.63, 3.8) is 0 Å². The average Bonchev–Trinajstić information content (AvgIpc) is 1.62. The zero-order valence-corrected chi connectivity index (χ0v) is 58.9. The van der Waals surface area contributed by atoms with Crippen molar-refractivity contribution in [3.8, 4) is 44.5 Å². The van der Waals surface area contributed by atoms with Crippen molar-refractivity contribution in [2.45, 2.75) is 24.7 Å². The van der Waals surface area contributed by atoms with E-state index in [1.165, 1.54) is 100 Å². The van der Waals surface area contributed by atoms with Crippen LogP contribution in [0.3, 0.4) is 0 Å². The predicted octanol–water partition coefficient (Wildman–Crippen LogP) is 26.4. The van der Waals surface area contributed by atoms with Gasteiger partial charge in [-0.15, -0.1) is 0 Å². The minimum atomic E-state index is -0.568. The third kappa shape index (κ3) is 10.3. The lowest BCUT2D eigenvalue weighted by Gasteiger charge is -2.36. The molecule has 0 unspecified atom stereocenters. The molecule has 0 N–H and O–H groups in total. The van der Waals surface area contributed by atoms with Crippen molar-refractivity contribution in [1.82, 2.24) is 9.97 Å². The second-order valence-corrected chi connectivity index (χ2v) is 28.0. The number of aryl methyl sites for hydroxylation is 2. The summed E-state index contributed by atoms with van der Waals surface area (Å²) >= 11 is 0. The van der Waals surface area contributed by atoms with Gasteiger partial charge in [-0.2, -0.15) is 0 Å². The van der Waals surface area contributed by atoms with E-state index >= 15 is 0 Å². The van der Waals surface area contributed by atoms with Crippen LogP contribution in [-0.2, 0) is 10.8 Å². The highest BCUT2D eigenvalue weighted by Gasteiger charge is 2.48. The Morgan fingerprint density at radius 1 is 0.217 bits per heavy atom. The number of rotatable bonds is 12. The fourth-order valence-electron chi connectivity index (χ4n) is 17.7. The first kappa shape index (κ1) is 63.4. The number of anilines is 6. The minimum Gasteiger partial charge on any atom is -0.309 e.